The molecule has 0 saturated carbocycles. The number of piperidine rings is 1. The van der Waals surface area contributed by atoms with Gasteiger partial charge in [0.2, 0.25) is 0 Å². The summed E-state index contributed by atoms with van der Waals surface area (Å²) in [4.78, 5) is 6.87. The van der Waals surface area contributed by atoms with Crippen LogP contribution in [-0.4, -0.2) is 63.8 Å². The minimum absolute atomic E-state index is 0.633. The second-order valence-corrected chi connectivity index (χ2v) is 7.14. The van der Waals surface area contributed by atoms with E-state index in [1.165, 1.54) is 38.9 Å². The van der Waals surface area contributed by atoms with E-state index in [4.69, 9.17) is 4.74 Å². The van der Waals surface area contributed by atoms with E-state index in [9.17, 15) is 0 Å². The molecule has 2 N–H and O–H groups in total. The second kappa shape index (κ2) is 12.6. The molecule has 23 heavy (non-hydrogen) atoms. The number of aliphatic imine (C=N–C) groups is 1. The first-order valence-electron chi connectivity index (χ1n) is 9.36. The van der Waals surface area contributed by atoms with Crippen molar-refractivity contribution < 1.29 is 4.74 Å². The average molecular weight is 327 g/mol. The molecule has 1 atom stereocenters. The number of hydrogen-bond donors (Lipinski definition) is 2. The normalized spacial score (nSPS) is 18.2. The molecule has 0 radical (unpaired) electrons. The predicted octanol–water partition coefficient (Wildman–Crippen LogP) is 2.34. The van der Waals surface area contributed by atoms with Crippen LogP contribution in [0.2, 0.25) is 0 Å². The summed E-state index contributed by atoms with van der Waals surface area (Å²) in [6.07, 6.45) is 5.25. The van der Waals surface area contributed by atoms with E-state index in [0.717, 1.165) is 38.7 Å². The molecule has 0 amide bonds. The molecule has 1 unspecified atom stereocenters. The smallest absolute Gasteiger partial charge is 0.191 e. The number of ether oxygens (including phenoxy) is 1. The molecule has 0 spiro atoms. The highest BCUT2D eigenvalue weighted by Gasteiger charge is 2.13. The van der Waals surface area contributed by atoms with Crippen LogP contribution in [0.4, 0.5) is 0 Å². The summed E-state index contributed by atoms with van der Waals surface area (Å²) in [5.41, 5.74) is 0. The van der Waals surface area contributed by atoms with Crippen molar-refractivity contribution in [3.63, 3.8) is 0 Å². The average Bonchev–Trinajstić information content (AvgIpc) is 2.54. The Balaban J connectivity index is 2.06. The van der Waals surface area contributed by atoms with Gasteiger partial charge in [-0.15, -0.1) is 0 Å². The van der Waals surface area contributed by atoms with Gasteiger partial charge in [-0.25, -0.2) is 0 Å². The Kier molecular flexibility index (Phi) is 11.1. The maximum atomic E-state index is 5.61. The summed E-state index contributed by atoms with van der Waals surface area (Å²) in [5, 5.41) is 6.74. The lowest BCUT2D eigenvalue weighted by molar-refractivity contribution is 0.128. The summed E-state index contributed by atoms with van der Waals surface area (Å²) >= 11 is 0. The topological polar surface area (TPSA) is 48.9 Å². The molecular weight excluding hydrogens is 288 g/mol. The van der Waals surface area contributed by atoms with Crippen LogP contribution in [0.5, 0.6) is 0 Å². The van der Waals surface area contributed by atoms with Gasteiger partial charge in [-0.2, -0.15) is 0 Å². The van der Waals surface area contributed by atoms with Gasteiger partial charge in [0.25, 0.3) is 0 Å². The zero-order valence-corrected chi connectivity index (χ0v) is 15.7. The van der Waals surface area contributed by atoms with Gasteiger partial charge in [-0.05, 0) is 44.2 Å². The number of guanidine groups is 1. The first-order valence-corrected chi connectivity index (χ1v) is 9.36. The SMILES string of the molecule is CN=C(NCCOCCC(C)C)NCC(C)CN1CCCCC1. The van der Waals surface area contributed by atoms with E-state index in [2.05, 4.69) is 41.3 Å². The van der Waals surface area contributed by atoms with E-state index in [1.54, 1.807) is 0 Å². The third-order valence-corrected chi connectivity index (χ3v) is 4.24. The number of likely N-dealkylation sites (tertiary alicyclic amines) is 1. The molecule has 5 heteroatoms. The van der Waals surface area contributed by atoms with E-state index in [-0.39, 0.29) is 0 Å². The fraction of sp³-hybridized carbons (Fsp3) is 0.944. The Morgan fingerprint density at radius 2 is 1.83 bits per heavy atom. The minimum atomic E-state index is 0.633. The summed E-state index contributed by atoms with van der Waals surface area (Å²) in [6.45, 7) is 13.8. The molecule has 1 fully saturated rings. The van der Waals surface area contributed by atoms with Crippen LogP contribution in [-0.2, 0) is 4.74 Å². The standard InChI is InChI=1S/C18H38N4O/c1-16(2)8-12-23-13-9-20-18(19-4)21-14-17(3)15-22-10-6-5-7-11-22/h16-17H,5-15H2,1-4H3,(H2,19,20,21). The van der Waals surface area contributed by atoms with Crippen molar-refractivity contribution in [1.82, 2.24) is 15.5 Å². The first-order chi connectivity index (χ1) is 11.1. The van der Waals surface area contributed by atoms with Gasteiger partial charge in [-0.3, -0.25) is 4.99 Å². The van der Waals surface area contributed by atoms with Crippen molar-refractivity contribution in [2.75, 3.05) is 53.0 Å². The van der Waals surface area contributed by atoms with Crippen LogP contribution in [0.15, 0.2) is 4.99 Å². The van der Waals surface area contributed by atoms with Gasteiger partial charge in [-0.1, -0.05) is 27.2 Å². The highest BCUT2D eigenvalue weighted by Crippen LogP contribution is 2.10. The molecule has 0 bridgehead atoms. The number of hydrogen-bond acceptors (Lipinski definition) is 3. The molecule has 5 nitrogen and oxygen atoms in total. The van der Waals surface area contributed by atoms with Gasteiger partial charge >= 0.3 is 0 Å². The summed E-state index contributed by atoms with van der Waals surface area (Å²) in [7, 11) is 1.82. The van der Waals surface area contributed by atoms with Gasteiger partial charge in [0.15, 0.2) is 5.96 Å². The Morgan fingerprint density at radius 3 is 2.48 bits per heavy atom. The highest BCUT2D eigenvalue weighted by molar-refractivity contribution is 5.79. The van der Waals surface area contributed by atoms with E-state index in [1.807, 2.05) is 7.05 Å². The number of nitrogens with zero attached hydrogens (tertiary/aromatic N) is 2. The van der Waals surface area contributed by atoms with E-state index < -0.39 is 0 Å². The Labute approximate surface area is 143 Å². The zero-order valence-electron chi connectivity index (χ0n) is 15.7. The molecule has 0 aromatic carbocycles. The lowest BCUT2D eigenvalue weighted by atomic mass is 10.1. The quantitative estimate of drug-likeness (QED) is 0.367. The lowest BCUT2D eigenvalue weighted by Crippen LogP contribution is -2.43. The minimum Gasteiger partial charge on any atom is -0.380 e. The highest BCUT2D eigenvalue weighted by atomic mass is 16.5. The van der Waals surface area contributed by atoms with Crippen LogP contribution in [0, 0.1) is 11.8 Å². The van der Waals surface area contributed by atoms with E-state index in [0.29, 0.717) is 11.8 Å². The maximum Gasteiger partial charge on any atom is 0.191 e. The fourth-order valence-electron chi connectivity index (χ4n) is 2.80. The van der Waals surface area contributed by atoms with Crippen LogP contribution >= 0.6 is 0 Å². The largest absolute Gasteiger partial charge is 0.380 e. The van der Waals surface area contributed by atoms with E-state index >= 15 is 0 Å². The molecular formula is C18H38N4O. The van der Waals surface area contributed by atoms with Gasteiger partial charge in [0.05, 0.1) is 6.61 Å². The van der Waals surface area contributed by atoms with Gasteiger partial charge in [0, 0.05) is 33.3 Å². The van der Waals surface area contributed by atoms with Crippen molar-refractivity contribution in [3.05, 3.63) is 0 Å². The van der Waals surface area contributed by atoms with Crippen molar-refractivity contribution in [1.29, 1.82) is 0 Å². The van der Waals surface area contributed by atoms with Gasteiger partial charge in [0.1, 0.15) is 0 Å². The van der Waals surface area contributed by atoms with Crippen molar-refractivity contribution in [2.45, 2.75) is 46.5 Å². The fourth-order valence-corrected chi connectivity index (χ4v) is 2.80. The molecule has 1 heterocycles. The lowest BCUT2D eigenvalue weighted by Gasteiger charge is -2.29. The monoisotopic (exact) mass is 326 g/mol. The van der Waals surface area contributed by atoms with Crippen molar-refractivity contribution in [3.8, 4) is 0 Å². The number of nitrogens with one attached hydrogen (secondary N) is 2. The van der Waals surface area contributed by atoms with Crippen LogP contribution in [0.25, 0.3) is 0 Å². The second-order valence-electron chi connectivity index (χ2n) is 7.14. The van der Waals surface area contributed by atoms with Gasteiger partial charge < -0.3 is 20.3 Å². The van der Waals surface area contributed by atoms with Crippen molar-refractivity contribution >= 4 is 5.96 Å². The molecule has 0 aromatic heterocycles. The Morgan fingerprint density at radius 1 is 1.09 bits per heavy atom. The first kappa shape index (κ1) is 20.2. The molecule has 1 aliphatic heterocycles. The summed E-state index contributed by atoms with van der Waals surface area (Å²) in [5.74, 6) is 2.22. The molecule has 136 valence electrons. The Hall–Kier alpha value is -0.810. The van der Waals surface area contributed by atoms with Crippen molar-refractivity contribution in [2.24, 2.45) is 16.8 Å². The third-order valence-electron chi connectivity index (χ3n) is 4.24. The number of rotatable bonds is 10. The van der Waals surface area contributed by atoms with Crippen LogP contribution in [0.1, 0.15) is 46.5 Å². The molecule has 1 saturated heterocycles. The zero-order chi connectivity index (χ0) is 16.9. The summed E-state index contributed by atoms with van der Waals surface area (Å²) in [6, 6.07) is 0. The Bertz CT molecular complexity index is 314. The van der Waals surface area contributed by atoms with Crippen LogP contribution in [0.3, 0.4) is 0 Å². The third kappa shape index (κ3) is 10.6. The maximum absolute atomic E-state index is 5.61. The molecule has 0 aliphatic carbocycles. The summed E-state index contributed by atoms with van der Waals surface area (Å²) < 4.78 is 5.61. The molecule has 0 aromatic rings. The molecule has 1 rings (SSSR count). The molecule has 1 aliphatic rings. The predicted molar refractivity (Wildman–Crippen MR) is 99.1 cm³/mol. The van der Waals surface area contributed by atoms with Crippen LogP contribution < -0.4 is 10.6 Å².